The fourth-order valence-electron chi connectivity index (χ4n) is 4.77. The highest BCUT2D eigenvalue weighted by atomic mass is 32.2. The van der Waals surface area contributed by atoms with Gasteiger partial charge in [-0.1, -0.05) is 12.1 Å². The SMILES string of the molecule is CC(CO)Nc1ccccc1S(=O)(=O)N1CCC2(CCN(c3ccc(OC(F)(F)F)cc3)C2=O)CC1. The lowest BCUT2D eigenvalue weighted by atomic mass is 9.77. The first kappa shape index (κ1) is 26.2. The van der Waals surface area contributed by atoms with Gasteiger partial charge in [0.1, 0.15) is 10.6 Å². The summed E-state index contributed by atoms with van der Waals surface area (Å²) in [5, 5.41) is 12.3. The van der Waals surface area contributed by atoms with E-state index in [9.17, 15) is 31.5 Å². The molecule has 0 bridgehead atoms. The molecule has 2 heterocycles. The molecule has 1 unspecified atom stereocenters. The Bertz CT molecular complexity index is 1200. The fraction of sp³-hybridized carbons (Fsp3) is 0.458. The average Bonchev–Trinajstić information content (AvgIpc) is 3.14. The molecule has 2 N–H and O–H groups in total. The molecule has 2 aromatic carbocycles. The van der Waals surface area contributed by atoms with Crippen molar-refractivity contribution in [1.29, 1.82) is 0 Å². The lowest BCUT2D eigenvalue weighted by Gasteiger charge is -2.37. The molecule has 2 aliphatic heterocycles. The van der Waals surface area contributed by atoms with Crippen LogP contribution in [0.4, 0.5) is 24.5 Å². The van der Waals surface area contributed by atoms with Crippen LogP contribution in [0.15, 0.2) is 53.4 Å². The molecule has 2 aromatic rings. The van der Waals surface area contributed by atoms with Crippen molar-refractivity contribution in [2.24, 2.45) is 5.41 Å². The van der Waals surface area contributed by atoms with E-state index in [-0.39, 0.29) is 42.3 Å². The molecule has 1 spiro atoms. The number of alkyl halides is 3. The van der Waals surface area contributed by atoms with Crippen LogP contribution in [0.3, 0.4) is 0 Å². The van der Waals surface area contributed by atoms with Crippen molar-refractivity contribution in [3.8, 4) is 5.75 Å². The normalized spacial score (nSPS) is 19.5. The molecule has 2 aliphatic rings. The average molecular weight is 528 g/mol. The maximum absolute atomic E-state index is 13.4. The second-order valence-electron chi connectivity index (χ2n) is 9.16. The second-order valence-corrected chi connectivity index (χ2v) is 11.1. The Kier molecular flexibility index (Phi) is 7.22. The number of halogens is 3. The van der Waals surface area contributed by atoms with Crippen molar-refractivity contribution in [3.05, 3.63) is 48.5 Å². The fourth-order valence-corrected chi connectivity index (χ4v) is 6.37. The van der Waals surface area contributed by atoms with E-state index < -0.39 is 21.8 Å². The summed E-state index contributed by atoms with van der Waals surface area (Å²) >= 11 is 0. The first-order valence-corrected chi connectivity index (χ1v) is 13.0. The number of nitrogens with zero attached hydrogens (tertiary/aromatic N) is 2. The van der Waals surface area contributed by atoms with Crippen LogP contribution in [-0.2, 0) is 14.8 Å². The number of ether oxygens (including phenoxy) is 1. The Labute approximate surface area is 207 Å². The number of aliphatic hydroxyl groups excluding tert-OH is 1. The van der Waals surface area contributed by atoms with Crippen LogP contribution in [0, 0.1) is 5.41 Å². The van der Waals surface area contributed by atoms with Gasteiger partial charge in [0.15, 0.2) is 0 Å². The van der Waals surface area contributed by atoms with Gasteiger partial charge in [-0.15, -0.1) is 13.2 Å². The number of amides is 1. The van der Waals surface area contributed by atoms with Crippen LogP contribution in [-0.4, -0.2) is 62.4 Å². The summed E-state index contributed by atoms with van der Waals surface area (Å²) in [6.07, 6.45) is -3.57. The standard InChI is InChI=1S/C24H28F3N3O5S/c1-17(16-31)28-20-4-2-3-5-21(20)36(33,34)29-13-10-23(11-14-29)12-15-30(22(23)32)18-6-8-19(9-7-18)35-24(25,26)27/h2-9,17,28,31H,10-16H2,1H3. The molecule has 1 amide bonds. The van der Waals surface area contributed by atoms with Gasteiger partial charge in [-0.3, -0.25) is 4.79 Å². The minimum Gasteiger partial charge on any atom is -0.406 e. The summed E-state index contributed by atoms with van der Waals surface area (Å²) < 4.78 is 69.3. The van der Waals surface area contributed by atoms with E-state index in [2.05, 4.69) is 10.1 Å². The van der Waals surface area contributed by atoms with Crippen LogP contribution < -0.4 is 15.0 Å². The van der Waals surface area contributed by atoms with Crippen molar-refractivity contribution in [3.63, 3.8) is 0 Å². The Morgan fingerprint density at radius 1 is 1.06 bits per heavy atom. The first-order chi connectivity index (χ1) is 16.9. The lowest BCUT2D eigenvalue weighted by Crippen LogP contribution is -2.46. The number of carbonyl (C=O) groups excluding carboxylic acids is 1. The molecule has 0 radical (unpaired) electrons. The Morgan fingerprint density at radius 3 is 2.28 bits per heavy atom. The topological polar surface area (TPSA) is 99.2 Å². The Hall–Kier alpha value is -2.83. The zero-order valence-corrected chi connectivity index (χ0v) is 20.5. The summed E-state index contributed by atoms with van der Waals surface area (Å²) in [5.41, 5.74) is 0.163. The van der Waals surface area contributed by atoms with Gasteiger partial charge in [0.05, 0.1) is 17.7 Å². The van der Waals surface area contributed by atoms with E-state index in [0.29, 0.717) is 37.2 Å². The second kappa shape index (κ2) is 9.91. The van der Waals surface area contributed by atoms with E-state index in [0.717, 1.165) is 0 Å². The van der Waals surface area contributed by atoms with Gasteiger partial charge in [0, 0.05) is 31.4 Å². The number of nitrogens with one attached hydrogen (secondary N) is 1. The molecule has 2 fully saturated rings. The molecule has 8 nitrogen and oxygen atoms in total. The van der Waals surface area contributed by atoms with E-state index in [1.54, 1.807) is 25.1 Å². The van der Waals surface area contributed by atoms with Crippen LogP contribution >= 0.6 is 0 Å². The molecule has 0 aromatic heterocycles. The van der Waals surface area contributed by atoms with Crippen LogP contribution in [0.2, 0.25) is 0 Å². The number of para-hydroxylation sites is 1. The molecule has 1 atom stereocenters. The first-order valence-electron chi connectivity index (χ1n) is 11.6. The number of hydrogen-bond acceptors (Lipinski definition) is 6. The van der Waals surface area contributed by atoms with Gasteiger partial charge in [-0.05, 0) is 62.6 Å². The van der Waals surface area contributed by atoms with Gasteiger partial charge in [-0.25, -0.2) is 8.42 Å². The predicted molar refractivity (Wildman–Crippen MR) is 127 cm³/mol. The van der Waals surface area contributed by atoms with E-state index in [4.69, 9.17) is 0 Å². The summed E-state index contributed by atoms with van der Waals surface area (Å²) in [6.45, 7) is 2.32. The quantitative estimate of drug-likeness (QED) is 0.571. The van der Waals surface area contributed by atoms with Crippen molar-refractivity contribution in [2.75, 3.05) is 36.5 Å². The van der Waals surface area contributed by atoms with Crippen molar-refractivity contribution >= 4 is 27.3 Å². The Balaban J connectivity index is 1.45. The molecule has 196 valence electrons. The van der Waals surface area contributed by atoms with Crippen molar-refractivity contribution in [1.82, 2.24) is 4.31 Å². The summed E-state index contributed by atoms with van der Waals surface area (Å²) in [4.78, 5) is 15.0. The van der Waals surface area contributed by atoms with E-state index in [1.165, 1.54) is 39.5 Å². The largest absolute Gasteiger partial charge is 0.573 e. The van der Waals surface area contributed by atoms with Crippen molar-refractivity contribution in [2.45, 2.75) is 43.5 Å². The molecule has 0 aliphatic carbocycles. The van der Waals surface area contributed by atoms with Crippen LogP contribution in [0.5, 0.6) is 5.75 Å². The van der Waals surface area contributed by atoms with Gasteiger partial charge in [-0.2, -0.15) is 4.31 Å². The van der Waals surface area contributed by atoms with Crippen molar-refractivity contribution < 1.29 is 36.2 Å². The molecular formula is C24H28F3N3O5S. The monoisotopic (exact) mass is 527 g/mol. The zero-order chi connectivity index (χ0) is 26.1. The third-order valence-corrected chi connectivity index (χ3v) is 8.71. The number of hydrogen-bond donors (Lipinski definition) is 2. The third-order valence-electron chi connectivity index (χ3n) is 6.75. The molecule has 12 heteroatoms. The maximum Gasteiger partial charge on any atom is 0.573 e. The Morgan fingerprint density at radius 2 is 1.67 bits per heavy atom. The smallest absolute Gasteiger partial charge is 0.406 e. The van der Waals surface area contributed by atoms with E-state index >= 15 is 0 Å². The summed E-state index contributed by atoms with van der Waals surface area (Å²) in [6, 6.07) is 11.3. The summed E-state index contributed by atoms with van der Waals surface area (Å²) in [7, 11) is -3.84. The number of rotatable bonds is 7. The predicted octanol–water partition coefficient (Wildman–Crippen LogP) is 3.59. The number of anilines is 2. The molecule has 2 saturated heterocycles. The molecule has 4 rings (SSSR count). The molecule has 0 saturated carbocycles. The van der Waals surface area contributed by atoms with Crippen LogP contribution in [0.25, 0.3) is 0 Å². The van der Waals surface area contributed by atoms with E-state index in [1.807, 2.05) is 0 Å². The van der Waals surface area contributed by atoms with Gasteiger partial charge < -0.3 is 20.1 Å². The lowest BCUT2D eigenvalue weighted by molar-refractivity contribution is -0.274. The van der Waals surface area contributed by atoms with Gasteiger partial charge in [0.25, 0.3) is 0 Å². The molecular weight excluding hydrogens is 499 g/mol. The van der Waals surface area contributed by atoms with Crippen LogP contribution in [0.1, 0.15) is 26.2 Å². The highest BCUT2D eigenvalue weighted by molar-refractivity contribution is 7.89. The number of sulfonamides is 1. The summed E-state index contributed by atoms with van der Waals surface area (Å²) in [5.74, 6) is -0.517. The highest BCUT2D eigenvalue weighted by Crippen LogP contribution is 2.44. The number of aliphatic hydroxyl groups is 1. The maximum atomic E-state index is 13.4. The number of benzene rings is 2. The van der Waals surface area contributed by atoms with Gasteiger partial charge in [0.2, 0.25) is 15.9 Å². The molecule has 36 heavy (non-hydrogen) atoms. The highest BCUT2D eigenvalue weighted by Gasteiger charge is 2.50. The minimum atomic E-state index is -4.79. The third kappa shape index (κ3) is 5.30. The number of carbonyl (C=O) groups is 1. The van der Waals surface area contributed by atoms with Gasteiger partial charge >= 0.3 is 6.36 Å². The zero-order valence-electron chi connectivity index (χ0n) is 19.7. The number of piperidine rings is 1. The minimum absolute atomic E-state index is 0.113.